The molecule has 2 radical (unpaired) electrons. The van der Waals surface area contributed by atoms with Crippen molar-refractivity contribution in [2.75, 3.05) is 13.2 Å². The first-order valence-corrected chi connectivity index (χ1v) is 10.5. The van der Waals surface area contributed by atoms with Gasteiger partial charge in [0, 0.05) is 0 Å². The maximum Gasteiger partial charge on any atom is 0.376 e. The second-order valence-corrected chi connectivity index (χ2v) is 6.80. The topological polar surface area (TPSA) is 89.5 Å². The SMILES string of the molecule is CCOc1ccccc1C(=O)OO[C]1CC[CH]CC1OOC(=O)c1ccccc1OCC. The van der Waals surface area contributed by atoms with Crippen LogP contribution in [0.1, 0.15) is 53.8 Å². The average Bonchev–Trinajstić information content (AvgIpc) is 2.82. The predicted molar refractivity (Wildman–Crippen MR) is 113 cm³/mol. The summed E-state index contributed by atoms with van der Waals surface area (Å²) in [4.78, 5) is 45.6. The highest BCUT2D eigenvalue weighted by atomic mass is 17.2. The third-order valence-electron chi connectivity index (χ3n) is 4.61. The first kappa shape index (κ1) is 23.6. The molecule has 0 aromatic heterocycles. The quantitative estimate of drug-likeness (QED) is 0.388. The molecule has 0 bridgehead atoms. The first-order valence-electron chi connectivity index (χ1n) is 10.5. The van der Waals surface area contributed by atoms with E-state index in [4.69, 9.17) is 29.0 Å². The second kappa shape index (κ2) is 12.1. The Morgan fingerprint density at radius 3 is 2.00 bits per heavy atom. The molecule has 3 rings (SSSR count). The standard InChI is InChI=1S/C24H26O8/c1-3-27-19-13-7-5-11-17(19)23(25)31-29-21-15-9-10-16-22(21)30-32-24(26)18-12-6-8-14-20(18)28-4-2/h5-9,11-14,21H,3-4,10,15-16H2,1-2H3. The summed E-state index contributed by atoms with van der Waals surface area (Å²) in [6.45, 7) is 4.46. The second-order valence-electron chi connectivity index (χ2n) is 6.80. The van der Waals surface area contributed by atoms with Gasteiger partial charge in [-0.2, -0.15) is 9.78 Å². The third kappa shape index (κ3) is 6.21. The van der Waals surface area contributed by atoms with Gasteiger partial charge in [0.25, 0.3) is 0 Å². The number of benzene rings is 2. The Labute approximate surface area is 187 Å². The van der Waals surface area contributed by atoms with E-state index in [0.717, 1.165) is 0 Å². The van der Waals surface area contributed by atoms with Gasteiger partial charge in [-0.1, -0.05) is 24.3 Å². The normalized spacial score (nSPS) is 16.2. The van der Waals surface area contributed by atoms with E-state index in [1.54, 1.807) is 48.5 Å². The van der Waals surface area contributed by atoms with E-state index in [9.17, 15) is 9.59 Å². The van der Waals surface area contributed by atoms with Crippen LogP contribution in [0.3, 0.4) is 0 Å². The minimum atomic E-state index is -0.707. The van der Waals surface area contributed by atoms with Crippen molar-refractivity contribution >= 4 is 11.9 Å². The smallest absolute Gasteiger partial charge is 0.376 e. The Balaban J connectivity index is 1.57. The molecule has 0 saturated heterocycles. The molecule has 170 valence electrons. The highest BCUT2D eigenvalue weighted by Crippen LogP contribution is 2.31. The van der Waals surface area contributed by atoms with Crippen molar-refractivity contribution in [1.29, 1.82) is 0 Å². The molecule has 2 aromatic carbocycles. The Morgan fingerprint density at radius 1 is 0.844 bits per heavy atom. The van der Waals surface area contributed by atoms with Gasteiger partial charge in [0.05, 0.1) is 13.2 Å². The molecule has 0 heterocycles. The van der Waals surface area contributed by atoms with Crippen molar-refractivity contribution in [3.63, 3.8) is 0 Å². The van der Waals surface area contributed by atoms with Crippen LogP contribution in [0, 0.1) is 12.5 Å². The van der Waals surface area contributed by atoms with Crippen LogP contribution >= 0.6 is 0 Å². The van der Waals surface area contributed by atoms with Gasteiger partial charge in [-0.3, -0.25) is 9.78 Å². The summed E-state index contributed by atoms with van der Waals surface area (Å²) in [5.41, 5.74) is 0.490. The van der Waals surface area contributed by atoms with Crippen LogP contribution in [0.25, 0.3) is 0 Å². The van der Waals surface area contributed by atoms with Gasteiger partial charge in [0.2, 0.25) is 0 Å². The van der Waals surface area contributed by atoms with Gasteiger partial charge in [0.1, 0.15) is 28.7 Å². The Bertz CT molecular complexity index is 824. The van der Waals surface area contributed by atoms with Crippen molar-refractivity contribution in [1.82, 2.24) is 0 Å². The van der Waals surface area contributed by atoms with Crippen LogP contribution in [-0.4, -0.2) is 31.3 Å². The van der Waals surface area contributed by atoms with E-state index in [1.165, 1.54) is 0 Å². The molecule has 0 N–H and O–H groups in total. The van der Waals surface area contributed by atoms with Crippen molar-refractivity contribution in [3.05, 3.63) is 72.2 Å². The molecule has 0 aliphatic heterocycles. The highest BCUT2D eigenvalue weighted by Gasteiger charge is 2.33. The van der Waals surface area contributed by atoms with Gasteiger partial charge in [-0.15, -0.1) is 0 Å². The zero-order valence-corrected chi connectivity index (χ0v) is 18.1. The van der Waals surface area contributed by atoms with Gasteiger partial charge in [-0.25, -0.2) is 9.59 Å². The average molecular weight is 442 g/mol. The molecule has 1 aliphatic rings. The number of rotatable bonds is 10. The molecule has 8 nitrogen and oxygen atoms in total. The van der Waals surface area contributed by atoms with Crippen LogP contribution in [0.4, 0.5) is 0 Å². The summed E-state index contributed by atoms with van der Waals surface area (Å²) in [5.74, 6) is -0.583. The fourth-order valence-electron chi connectivity index (χ4n) is 3.11. The number of carbonyl (C=O) groups is 2. The monoisotopic (exact) mass is 442 g/mol. The van der Waals surface area contributed by atoms with Crippen LogP contribution in [-0.2, 0) is 19.6 Å². The van der Waals surface area contributed by atoms with Crippen molar-refractivity contribution in [2.45, 2.75) is 39.2 Å². The van der Waals surface area contributed by atoms with E-state index in [2.05, 4.69) is 0 Å². The largest absolute Gasteiger partial charge is 0.493 e. The zero-order valence-electron chi connectivity index (χ0n) is 18.1. The molecular weight excluding hydrogens is 416 g/mol. The van der Waals surface area contributed by atoms with E-state index in [-0.39, 0.29) is 11.1 Å². The summed E-state index contributed by atoms with van der Waals surface area (Å²) in [5, 5.41) is 0. The molecule has 0 spiro atoms. The summed E-state index contributed by atoms with van der Waals surface area (Å²) in [7, 11) is 0. The third-order valence-corrected chi connectivity index (χ3v) is 4.61. The fourth-order valence-corrected chi connectivity index (χ4v) is 3.11. The molecule has 1 unspecified atom stereocenters. The lowest BCUT2D eigenvalue weighted by Crippen LogP contribution is -2.30. The molecule has 1 atom stereocenters. The number of carbonyl (C=O) groups excluding carboxylic acids is 2. The number of hydrogen-bond acceptors (Lipinski definition) is 8. The number of para-hydroxylation sites is 2. The zero-order chi connectivity index (χ0) is 22.8. The fraction of sp³-hybridized carbons (Fsp3) is 0.333. The Morgan fingerprint density at radius 2 is 1.41 bits per heavy atom. The van der Waals surface area contributed by atoms with Crippen LogP contribution in [0.15, 0.2) is 48.5 Å². The summed E-state index contributed by atoms with van der Waals surface area (Å²) in [6, 6.07) is 13.4. The van der Waals surface area contributed by atoms with Crippen LogP contribution < -0.4 is 9.47 Å². The predicted octanol–water partition coefficient (Wildman–Crippen LogP) is 4.65. The number of hydrogen-bond donors (Lipinski definition) is 0. The van der Waals surface area contributed by atoms with Gasteiger partial charge in [0.15, 0.2) is 6.10 Å². The molecule has 0 amide bonds. The minimum absolute atomic E-state index is 0.244. The maximum atomic E-state index is 12.5. The van der Waals surface area contributed by atoms with Gasteiger partial charge < -0.3 is 9.47 Å². The molecule has 1 fully saturated rings. The van der Waals surface area contributed by atoms with Gasteiger partial charge in [-0.05, 0) is 63.8 Å². The maximum absolute atomic E-state index is 12.5. The molecule has 8 heteroatoms. The molecular formula is C24H26O8. The minimum Gasteiger partial charge on any atom is -0.493 e. The molecule has 2 aromatic rings. The molecule has 1 aliphatic carbocycles. The van der Waals surface area contributed by atoms with Gasteiger partial charge >= 0.3 is 11.9 Å². The lowest BCUT2D eigenvalue weighted by molar-refractivity contribution is -0.317. The van der Waals surface area contributed by atoms with E-state index in [1.807, 2.05) is 20.3 Å². The van der Waals surface area contributed by atoms with Crippen LogP contribution in [0.5, 0.6) is 11.5 Å². The molecule has 32 heavy (non-hydrogen) atoms. The van der Waals surface area contributed by atoms with E-state index < -0.39 is 18.0 Å². The Hall–Kier alpha value is -3.10. The van der Waals surface area contributed by atoms with Crippen molar-refractivity contribution in [3.8, 4) is 11.5 Å². The summed E-state index contributed by atoms with van der Waals surface area (Å²) < 4.78 is 10.9. The molecule has 1 saturated carbocycles. The van der Waals surface area contributed by atoms with E-state index in [0.29, 0.717) is 50.1 Å². The highest BCUT2D eigenvalue weighted by molar-refractivity contribution is 5.92. The van der Waals surface area contributed by atoms with E-state index >= 15 is 0 Å². The lowest BCUT2D eigenvalue weighted by atomic mass is 9.95. The summed E-state index contributed by atoms with van der Waals surface area (Å²) in [6.07, 6.45) is 3.22. The first-order chi connectivity index (χ1) is 15.6. The Kier molecular flexibility index (Phi) is 8.89. The van der Waals surface area contributed by atoms with Crippen LogP contribution in [0.2, 0.25) is 0 Å². The van der Waals surface area contributed by atoms with Crippen molar-refractivity contribution < 1.29 is 38.6 Å². The summed E-state index contributed by atoms with van der Waals surface area (Å²) >= 11 is 0. The number of ether oxygens (including phenoxy) is 2. The lowest BCUT2D eigenvalue weighted by Gasteiger charge is -2.26. The van der Waals surface area contributed by atoms with Crippen molar-refractivity contribution in [2.24, 2.45) is 0 Å².